The predicted molar refractivity (Wildman–Crippen MR) is 86.7 cm³/mol. The minimum Gasteiger partial charge on any atom is -0.484 e. The Morgan fingerprint density at radius 2 is 2.05 bits per heavy atom. The molecule has 0 bridgehead atoms. The van der Waals surface area contributed by atoms with Crippen molar-refractivity contribution in [2.45, 2.75) is 20.5 Å². The van der Waals surface area contributed by atoms with E-state index in [1.165, 1.54) is 0 Å². The molecule has 6 heteroatoms. The Hall–Kier alpha value is -1.65. The first kappa shape index (κ1) is 16.7. The van der Waals surface area contributed by atoms with Crippen LogP contribution >= 0.6 is 23.2 Å². The van der Waals surface area contributed by atoms with Crippen LogP contribution in [0.3, 0.4) is 0 Å². The fourth-order valence-electron chi connectivity index (χ4n) is 1.70. The minimum atomic E-state index is -0.235. The molecule has 4 nitrogen and oxygen atoms in total. The zero-order valence-electron chi connectivity index (χ0n) is 12.4. The third kappa shape index (κ3) is 4.68. The summed E-state index contributed by atoms with van der Waals surface area (Å²) in [6.07, 6.45) is 0. The maximum Gasteiger partial charge on any atom is 0.287 e. The van der Waals surface area contributed by atoms with E-state index < -0.39 is 0 Å². The van der Waals surface area contributed by atoms with Crippen LogP contribution in [0.25, 0.3) is 0 Å². The van der Waals surface area contributed by atoms with E-state index in [1.54, 1.807) is 30.3 Å². The van der Waals surface area contributed by atoms with Gasteiger partial charge in [0.05, 0.1) is 5.02 Å². The molecule has 22 heavy (non-hydrogen) atoms. The molecular weight excluding hydrogens is 325 g/mol. The number of hydrogen-bond acceptors (Lipinski definition) is 3. The lowest BCUT2D eigenvalue weighted by atomic mass is 10.2. The summed E-state index contributed by atoms with van der Waals surface area (Å²) in [5, 5.41) is 3.79. The van der Waals surface area contributed by atoms with Crippen LogP contribution < -0.4 is 10.1 Å². The summed E-state index contributed by atoms with van der Waals surface area (Å²) in [7, 11) is 0. The normalized spacial score (nSPS) is 10.8. The molecule has 2 aromatic rings. The topological polar surface area (TPSA) is 51.5 Å². The van der Waals surface area contributed by atoms with Crippen LogP contribution in [-0.4, -0.2) is 12.5 Å². The van der Waals surface area contributed by atoms with Gasteiger partial charge in [-0.25, -0.2) is 0 Å². The van der Waals surface area contributed by atoms with Crippen LogP contribution in [-0.2, 0) is 6.61 Å². The van der Waals surface area contributed by atoms with Gasteiger partial charge in [-0.1, -0.05) is 37.0 Å². The molecule has 2 rings (SSSR count). The van der Waals surface area contributed by atoms with E-state index in [0.717, 1.165) is 0 Å². The van der Waals surface area contributed by atoms with Gasteiger partial charge in [0.1, 0.15) is 18.1 Å². The van der Waals surface area contributed by atoms with Gasteiger partial charge < -0.3 is 14.5 Å². The molecule has 0 saturated carbocycles. The highest BCUT2D eigenvalue weighted by molar-refractivity contribution is 6.34. The first-order valence-corrected chi connectivity index (χ1v) is 7.66. The Morgan fingerprint density at radius 1 is 1.27 bits per heavy atom. The fraction of sp³-hybridized carbons (Fsp3) is 0.312. The maximum absolute atomic E-state index is 11.9. The van der Waals surface area contributed by atoms with Gasteiger partial charge in [0.2, 0.25) is 0 Å². The standard InChI is InChI=1S/C16H17Cl2NO3/c1-10(2)8-19-16(20)14-6-4-12(22-14)9-21-15-7-11(17)3-5-13(15)18/h3-7,10H,8-9H2,1-2H3,(H,19,20). The van der Waals surface area contributed by atoms with Gasteiger partial charge in [-0.3, -0.25) is 4.79 Å². The van der Waals surface area contributed by atoms with Gasteiger partial charge in [0.15, 0.2) is 5.76 Å². The van der Waals surface area contributed by atoms with E-state index >= 15 is 0 Å². The van der Waals surface area contributed by atoms with Gasteiger partial charge in [-0.2, -0.15) is 0 Å². The van der Waals surface area contributed by atoms with E-state index in [4.69, 9.17) is 32.4 Å². The molecule has 0 unspecified atom stereocenters. The highest BCUT2D eigenvalue weighted by Gasteiger charge is 2.12. The smallest absolute Gasteiger partial charge is 0.287 e. The molecule has 0 atom stereocenters. The molecule has 1 aromatic carbocycles. The molecule has 0 fully saturated rings. The van der Waals surface area contributed by atoms with E-state index in [2.05, 4.69) is 5.32 Å². The molecule has 1 N–H and O–H groups in total. The second kappa shape index (κ2) is 7.56. The summed E-state index contributed by atoms with van der Waals surface area (Å²) in [5.74, 6) is 1.41. The number of hydrogen-bond donors (Lipinski definition) is 1. The molecule has 0 aliphatic rings. The molecule has 0 radical (unpaired) electrons. The number of carbonyl (C=O) groups excluding carboxylic acids is 1. The lowest BCUT2D eigenvalue weighted by Gasteiger charge is -2.07. The predicted octanol–water partition coefficient (Wildman–Crippen LogP) is 4.55. The van der Waals surface area contributed by atoms with Crippen LogP contribution in [0.15, 0.2) is 34.7 Å². The lowest BCUT2D eigenvalue weighted by Crippen LogP contribution is -2.26. The molecule has 0 spiro atoms. The molecule has 1 aromatic heterocycles. The second-order valence-electron chi connectivity index (χ2n) is 5.23. The lowest BCUT2D eigenvalue weighted by molar-refractivity contribution is 0.0917. The quantitative estimate of drug-likeness (QED) is 0.838. The largest absolute Gasteiger partial charge is 0.484 e. The summed E-state index contributed by atoms with van der Waals surface area (Å²) in [4.78, 5) is 11.9. The SMILES string of the molecule is CC(C)CNC(=O)c1ccc(COc2cc(Cl)ccc2Cl)o1. The molecule has 0 saturated heterocycles. The van der Waals surface area contributed by atoms with Crippen molar-refractivity contribution in [2.24, 2.45) is 5.92 Å². The fourth-order valence-corrected chi connectivity index (χ4v) is 2.03. The van der Waals surface area contributed by atoms with Gasteiger partial charge >= 0.3 is 0 Å². The Morgan fingerprint density at radius 3 is 2.77 bits per heavy atom. The van der Waals surface area contributed by atoms with Gasteiger partial charge in [-0.05, 0) is 30.2 Å². The van der Waals surface area contributed by atoms with Gasteiger partial charge in [0, 0.05) is 17.6 Å². The monoisotopic (exact) mass is 341 g/mol. The number of ether oxygens (including phenoxy) is 1. The van der Waals surface area contributed by atoms with Crippen molar-refractivity contribution >= 4 is 29.1 Å². The van der Waals surface area contributed by atoms with Crippen LogP contribution in [0, 0.1) is 5.92 Å². The highest BCUT2D eigenvalue weighted by atomic mass is 35.5. The first-order valence-electron chi connectivity index (χ1n) is 6.90. The summed E-state index contributed by atoms with van der Waals surface area (Å²) in [6, 6.07) is 8.28. The zero-order valence-corrected chi connectivity index (χ0v) is 13.9. The van der Waals surface area contributed by atoms with Crippen LogP contribution in [0.2, 0.25) is 10.0 Å². The Balaban J connectivity index is 1.94. The van der Waals surface area contributed by atoms with E-state index in [-0.39, 0.29) is 18.3 Å². The third-order valence-electron chi connectivity index (χ3n) is 2.82. The summed E-state index contributed by atoms with van der Waals surface area (Å²) in [6.45, 7) is 4.81. The van der Waals surface area contributed by atoms with Gasteiger partial charge in [-0.15, -0.1) is 0 Å². The van der Waals surface area contributed by atoms with E-state index in [9.17, 15) is 4.79 Å². The van der Waals surface area contributed by atoms with Crippen molar-refractivity contribution in [3.05, 3.63) is 51.9 Å². The third-order valence-corrected chi connectivity index (χ3v) is 3.37. The molecule has 0 aliphatic carbocycles. The van der Waals surface area contributed by atoms with Crippen molar-refractivity contribution < 1.29 is 13.9 Å². The van der Waals surface area contributed by atoms with Crippen LogP contribution in [0.1, 0.15) is 30.2 Å². The van der Waals surface area contributed by atoms with Crippen molar-refractivity contribution in [1.29, 1.82) is 0 Å². The maximum atomic E-state index is 11.9. The van der Waals surface area contributed by atoms with Gasteiger partial charge in [0.25, 0.3) is 5.91 Å². The Kier molecular flexibility index (Phi) is 5.75. The molecule has 118 valence electrons. The van der Waals surface area contributed by atoms with Crippen molar-refractivity contribution in [2.75, 3.05) is 6.54 Å². The van der Waals surface area contributed by atoms with Crippen molar-refractivity contribution in [3.63, 3.8) is 0 Å². The highest BCUT2D eigenvalue weighted by Crippen LogP contribution is 2.28. The average molecular weight is 342 g/mol. The molecule has 0 aliphatic heterocycles. The number of nitrogens with one attached hydrogen (secondary N) is 1. The molecule has 1 heterocycles. The molecular formula is C16H17Cl2NO3. The second-order valence-corrected chi connectivity index (χ2v) is 6.08. The van der Waals surface area contributed by atoms with E-state index in [0.29, 0.717) is 34.0 Å². The van der Waals surface area contributed by atoms with Crippen molar-refractivity contribution in [3.8, 4) is 5.75 Å². The first-order chi connectivity index (χ1) is 10.5. The Bertz CT molecular complexity index is 653. The average Bonchev–Trinajstić information content (AvgIpc) is 2.94. The van der Waals surface area contributed by atoms with Crippen LogP contribution in [0.5, 0.6) is 5.75 Å². The molecule has 1 amide bonds. The minimum absolute atomic E-state index is 0.164. The Labute approximate surface area is 139 Å². The summed E-state index contributed by atoms with van der Waals surface area (Å²) < 4.78 is 11.0. The van der Waals surface area contributed by atoms with Crippen LogP contribution in [0.4, 0.5) is 0 Å². The number of carbonyl (C=O) groups is 1. The summed E-state index contributed by atoms with van der Waals surface area (Å²) in [5.41, 5.74) is 0. The zero-order chi connectivity index (χ0) is 16.1. The number of benzene rings is 1. The number of rotatable bonds is 6. The summed E-state index contributed by atoms with van der Waals surface area (Å²) >= 11 is 11.9. The van der Waals surface area contributed by atoms with E-state index in [1.807, 2.05) is 13.8 Å². The number of halogens is 2. The number of furan rings is 1. The number of amides is 1. The van der Waals surface area contributed by atoms with Crippen molar-refractivity contribution in [1.82, 2.24) is 5.32 Å².